The molecule has 2 heterocycles. The van der Waals surface area contributed by atoms with Gasteiger partial charge in [0.25, 0.3) is 0 Å². The lowest BCUT2D eigenvalue weighted by molar-refractivity contribution is 0.294. The molecule has 0 fully saturated rings. The summed E-state index contributed by atoms with van der Waals surface area (Å²) in [6, 6.07) is 13.0. The Labute approximate surface area is 163 Å². The van der Waals surface area contributed by atoms with Gasteiger partial charge < -0.3 is 19.0 Å². The Morgan fingerprint density at radius 2 is 2.00 bits per heavy atom. The van der Waals surface area contributed by atoms with Crippen molar-refractivity contribution in [1.29, 1.82) is 0 Å². The van der Waals surface area contributed by atoms with Gasteiger partial charge in [-0.15, -0.1) is 0 Å². The van der Waals surface area contributed by atoms with E-state index < -0.39 is 5.63 Å². The maximum atomic E-state index is 11.8. The molecule has 2 aromatic carbocycles. The molecular formula is C19H15N3O5S. The minimum atomic E-state index is -0.581. The molecule has 0 spiro atoms. The van der Waals surface area contributed by atoms with Crippen LogP contribution in [0, 0.1) is 4.77 Å². The van der Waals surface area contributed by atoms with E-state index in [-0.39, 0.29) is 17.9 Å². The molecule has 0 radical (unpaired) electrons. The molecule has 2 N–H and O–H groups in total. The smallest absolute Gasteiger partial charge is 0.339 e. The fraction of sp³-hybridized carbons (Fsp3) is 0.105. The third-order valence-corrected chi connectivity index (χ3v) is 4.39. The molecule has 4 aromatic rings. The van der Waals surface area contributed by atoms with Gasteiger partial charge >= 0.3 is 5.63 Å². The van der Waals surface area contributed by atoms with Crippen LogP contribution in [0.2, 0.25) is 0 Å². The zero-order chi connectivity index (χ0) is 19.7. The van der Waals surface area contributed by atoms with E-state index >= 15 is 0 Å². The number of rotatable bonds is 5. The molecule has 0 amide bonds. The maximum absolute atomic E-state index is 11.8. The standard InChI is InChI=1S/C19H15N3O5S/c1-25-13-5-2-11(3-6-13)22-17(20-21-19(22)28)10-26-15-9-18(24)27-16-8-12(23)4-7-14(15)16/h2-9,23H,10H2,1H3,(H,21,28). The molecule has 8 nitrogen and oxygen atoms in total. The lowest BCUT2D eigenvalue weighted by atomic mass is 10.2. The van der Waals surface area contributed by atoms with Crippen molar-refractivity contribution in [3.05, 3.63) is 69.5 Å². The van der Waals surface area contributed by atoms with Crippen LogP contribution in [0.1, 0.15) is 5.82 Å². The Balaban J connectivity index is 1.67. The summed E-state index contributed by atoms with van der Waals surface area (Å²) in [5.74, 6) is 1.56. The monoisotopic (exact) mass is 397 g/mol. The second kappa shape index (κ2) is 7.20. The number of aromatic hydroxyl groups is 1. The first-order valence-corrected chi connectivity index (χ1v) is 8.66. The number of nitrogens with zero attached hydrogens (tertiary/aromatic N) is 2. The van der Waals surface area contributed by atoms with Crippen molar-refractivity contribution in [3.63, 3.8) is 0 Å². The third-order valence-electron chi connectivity index (χ3n) is 4.12. The first kappa shape index (κ1) is 17.8. The number of aromatic amines is 1. The molecule has 0 aliphatic rings. The second-order valence-electron chi connectivity index (χ2n) is 5.88. The van der Waals surface area contributed by atoms with Gasteiger partial charge in [-0.3, -0.25) is 9.67 Å². The molecule has 4 rings (SSSR count). The second-order valence-corrected chi connectivity index (χ2v) is 6.26. The van der Waals surface area contributed by atoms with Crippen LogP contribution in [-0.2, 0) is 6.61 Å². The lowest BCUT2D eigenvalue weighted by Gasteiger charge is -2.10. The van der Waals surface area contributed by atoms with Gasteiger partial charge in [0, 0.05) is 6.07 Å². The van der Waals surface area contributed by atoms with E-state index in [0.717, 1.165) is 11.4 Å². The largest absolute Gasteiger partial charge is 0.508 e. The predicted molar refractivity (Wildman–Crippen MR) is 104 cm³/mol. The van der Waals surface area contributed by atoms with Crippen molar-refractivity contribution in [2.45, 2.75) is 6.61 Å². The van der Waals surface area contributed by atoms with Crippen LogP contribution >= 0.6 is 12.2 Å². The minimum absolute atomic E-state index is 0.00630. The summed E-state index contributed by atoms with van der Waals surface area (Å²) in [6.07, 6.45) is 0. The van der Waals surface area contributed by atoms with Gasteiger partial charge in [-0.1, -0.05) is 0 Å². The Hall–Kier alpha value is -3.59. The summed E-state index contributed by atoms with van der Waals surface area (Å²) in [5.41, 5.74) is 0.444. The molecule has 0 bridgehead atoms. The van der Waals surface area contributed by atoms with Crippen LogP contribution < -0.4 is 15.1 Å². The van der Waals surface area contributed by atoms with E-state index in [1.807, 2.05) is 24.3 Å². The Kier molecular flexibility index (Phi) is 4.58. The van der Waals surface area contributed by atoms with E-state index in [9.17, 15) is 9.90 Å². The molecule has 0 aliphatic heterocycles. The molecule has 0 unspecified atom stereocenters. The predicted octanol–water partition coefficient (Wildman–Crippen LogP) is 3.33. The zero-order valence-electron chi connectivity index (χ0n) is 14.7. The van der Waals surface area contributed by atoms with Crippen LogP contribution in [0.5, 0.6) is 17.2 Å². The maximum Gasteiger partial charge on any atom is 0.339 e. The van der Waals surface area contributed by atoms with Gasteiger partial charge in [0.2, 0.25) is 0 Å². The highest BCUT2D eigenvalue weighted by Crippen LogP contribution is 2.27. The number of nitrogens with one attached hydrogen (secondary N) is 1. The third kappa shape index (κ3) is 3.35. The van der Waals surface area contributed by atoms with E-state index in [0.29, 0.717) is 21.7 Å². The molecule has 2 aromatic heterocycles. The summed E-state index contributed by atoms with van der Waals surface area (Å²) < 4.78 is 18.2. The molecule has 9 heteroatoms. The average molecular weight is 397 g/mol. The van der Waals surface area contributed by atoms with Crippen molar-refractivity contribution >= 4 is 23.2 Å². The highest BCUT2D eigenvalue weighted by atomic mass is 32.1. The Morgan fingerprint density at radius 1 is 1.21 bits per heavy atom. The van der Waals surface area contributed by atoms with Crippen LogP contribution in [0.15, 0.2) is 57.7 Å². The number of benzene rings is 2. The SMILES string of the molecule is COc1ccc(-n2c(COc3cc(=O)oc4cc(O)ccc34)n[nH]c2=S)cc1. The number of phenols is 1. The van der Waals surface area contributed by atoms with Crippen LogP contribution in [-0.4, -0.2) is 27.0 Å². The van der Waals surface area contributed by atoms with Gasteiger partial charge in [-0.2, -0.15) is 5.10 Å². The normalized spacial score (nSPS) is 10.9. The summed E-state index contributed by atoms with van der Waals surface area (Å²) in [5, 5.41) is 17.1. The molecule has 0 atom stereocenters. The lowest BCUT2D eigenvalue weighted by Crippen LogP contribution is -2.07. The van der Waals surface area contributed by atoms with Crippen LogP contribution in [0.25, 0.3) is 16.7 Å². The van der Waals surface area contributed by atoms with Crippen LogP contribution in [0.4, 0.5) is 0 Å². The molecule has 0 saturated carbocycles. The fourth-order valence-electron chi connectivity index (χ4n) is 2.81. The van der Waals surface area contributed by atoms with Gasteiger partial charge in [-0.25, -0.2) is 4.79 Å². The molecular weight excluding hydrogens is 382 g/mol. The van der Waals surface area contributed by atoms with Crippen molar-refractivity contribution in [2.75, 3.05) is 7.11 Å². The molecule has 28 heavy (non-hydrogen) atoms. The van der Waals surface area contributed by atoms with Gasteiger partial charge in [0.15, 0.2) is 10.6 Å². The summed E-state index contributed by atoms with van der Waals surface area (Å²) in [7, 11) is 1.60. The highest BCUT2D eigenvalue weighted by Gasteiger charge is 2.12. The van der Waals surface area contributed by atoms with Gasteiger partial charge in [-0.05, 0) is 48.6 Å². The molecule has 142 valence electrons. The minimum Gasteiger partial charge on any atom is -0.508 e. The van der Waals surface area contributed by atoms with Crippen molar-refractivity contribution in [1.82, 2.24) is 14.8 Å². The number of methoxy groups -OCH3 is 1. The summed E-state index contributed by atoms with van der Waals surface area (Å²) >= 11 is 5.32. The molecule has 0 saturated heterocycles. The number of hydrogen-bond donors (Lipinski definition) is 2. The number of phenolic OH excluding ortho intramolecular Hbond substituents is 1. The van der Waals surface area contributed by atoms with Crippen molar-refractivity contribution in [3.8, 4) is 22.9 Å². The van der Waals surface area contributed by atoms with E-state index in [4.69, 9.17) is 26.1 Å². The number of fused-ring (bicyclic) bond motifs is 1. The first-order valence-electron chi connectivity index (χ1n) is 8.25. The molecule has 0 aliphatic carbocycles. The number of ether oxygens (including phenoxy) is 2. The van der Waals surface area contributed by atoms with Gasteiger partial charge in [0.1, 0.15) is 29.4 Å². The number of H-pyrrole nitrogens is 1. The zero-order valence-corrected chi connectivity index (χ0v) is 15.5. The van der Waals surface area contributed by atoms with Gasteiger partial charge in [0.05, 0.1) is 24.2 Å². The van der Waals surface area contributed by atoms with E-state index in [1.54, 1.807) is 17.7 Å². The van der Waals surface area contributed by atoms with Crippen molar-refractivity contribution < 1.29 is 19.0 Å². The van der Waals surface area contributed by atoms with E-state index in [1.165, 1.54) is 18.2 Å². The summed E-state index contributed by atoms with van der Waals surface area (Å²) in [4.78, 5) is 11.8. The van der Waals surface area contributed by atoms with Crippen molar-refractivity contribution in [2.24, 2.45) is 0 Å². The first-order chi connectivity index (χ1) is 13.5. The average Bonchev–Trinajstić information content (AvgIpc) is 3.06. The Morgan fingerprint density at radius 3 is 2.75 bits per heavy atom. The van der Waals surface area contributed by atoms with Crippen LogP contribution in [0.3, 0.4) is 0 Å². The highest BCUT2D eigenvalue weighted by molar-refractivity contribution is 7.71. The topological polar surface area (TPSA) is 103 Å². The number of hydrogen-bond acceptors (Lipinski definition) is 7. The van der Waals surface area contributed by atoms with E-state index in [2.05, 4.69) is 10.2 Å². The number of aromatic nitrogens is 3. The summed E-state index contributed by atoms with van der Waals surface area (Å²) in [6.45, 7) is 0.0542. The Bertz CT molecular complexity index is 1260. The fourth-order valence-corrected chi connectivity index (χ4v) is 3.06. The quantitative estimate of drug-likeness (QED) is 0.393.